The Kier molecular flexibility index (Phi) is 5.95. The average molecular weight is 331 g/mol. The van der Waals surface area contributed by atoms with Crippen LogP contribution in [-0.4, -0.2) is 28.1 Å². The predicted molar refractivity (Wildman–Crippen MR) is 88.9 cm³/mol. The molecule has 2 aromatic rings. The number of nitrogens with one attached hydrogen (secondary N) is 2. The van der Waals surface area contributed by atoms with Crippen molar-refractivity contribution in [3.8, 4) is 0 Å². The van der Waals surface area contributed by atoms with Gasteiger partial charge < -0.3 is 14.8 Å². The molecule has 7 nitrogen and oxygen atoms in total. The summed E-state index contributed by atoms with van der Waals surface area (Å²) in [5, 5.41) is 14.2. The van der Waals surface area contributed by atoms with Crippen molar-refractivity contribution >= 4 is 18.0 Å². The standard InChI is InChI=1S/C17H21N3O4/c1-11-12(2)24-17(18-11)20-16(23)19-14(8-9-15(21)22)10-13-6-4-3-5-7-13/h3-7,14H,8-10H2,1-2H3,(H,21,22)(H2,18,19,20,23). The number of rotatable bonds is 7. The number of carboxylic acid groups (broad SMARTS) is 1. The summed E-state index contributed by atoms with van der Waals surface area (Å²) in [5.41, 5.74) is 1.73. The Labute approximate surface area is 140 Å². The van der Waals surface area contributed by atoms with E-state index in [1.807, 2.05) is 30.3 Å². The molecule has 0 aliphatic rings. The maximum atomic E-state index is 12.1. The van der Waals surface area contributed by atoms with Crippen LogP contribution in [0, 0.1) is 13.8 Å². The summed E-state index contributed by atoms with van der Waals surface area (Å²) in [6.45, 7) is 3.55. The van der Waals surface area contributed by atoms with Gasteiger partial charge in [0.25, 0.3) is 0 Å². The second kappa shape index (κ2) is 8.14. The molecule has 24 heavy (non-hydrogen) atoms. The molecule has 1 unspecified atom stereocenters. The number of aliphatic carboxylic acids is 1. The number of nitrogens with zero attached hydrogens (tertiary/aromatic N) is 1. The van der Waals surface area contributed by atoms with Crippen LogP contribution in [0.2, 0.25) is 0 Å². The molecule has 0 aliphatic carbocycles. The molecule has 0 radical (unpaired) electrons. The number of benzene rings is 1. The number of hydrogen-bond acceptors (Lipinski definition) is 4. The molecule has 0 spiro atoms. The van der Waals surface area contributed by atoms with E-state index in [0.717, 1.165) is 5.56 Å². The number of oxazole rings is 1. The lowest BCUT2D eigenvalue weighted by Crippen LogP contribution is -2.39. The highest BCUT2D eigenvalue weighted by molar-refractivity contribution is 5.87. The first kappa shape index (κ1) is 17.5. The van der Waals surface area contributed by atoms with Gasteiger partial charge in [0, 0.05) is 12.5 Å². The van der Waals surface area contributed by atoms with E-state index < -0.39 is 12.0 Å². The zero-order chi connectivity index (χ0) is 17.5. The number of anilines is 1. The first-order valence-corrected chi connectivity index (χ1v) is 7.71. The van der Waals surface area contributed by atoms with Gasteiger partial charge in [0.1, 0.15) is 5.76 Å². The van der Waals surface area contributed by atoms with Crippen LogP contribution in [0.4, 0.5) is 10.8 Å². The normalized spacial score (nSPS) is 11.8. The summed E-state index contributed by atoms with van der Waals surface area (Å²) in [6, 6.07) is 8.94. The van der Waals surface area contributed by atoms with Crippen LogP contribution < -0.4 is 10.6 Å². The number of carbonyl (C=O) groups excluding carboxylic acids is 1. The number of hydrogen-bond donors (Lipinski definition) is 3. The molecule has 0 fully saturated rings. The van der Waals surface area contributed by atoms with Crippen LogP contribution in [0.15, 0.2) is 34.7 Å². The van der Waals surface area contributed by atoms with Gasteiger partial charge in [0.15, 0.2) is 0 Å². The second-order valence-electron chi connectivity index (χ2n) is 5.58. The lowest BCUT2D eigenvalue weighted by Gasteiger charge is -2.18. The number of carboxylic acids is 1. The molecule has 0 aliphatic heterocycles. The third kappa shape index (κ3) is 5.42. The van der Waals surface area contributed by atoms with Crippen LogP contribution in [0.3, 0.4) is 0 Å². The topological polar surface area (TPSA) is 104 Å². The Morgan fingerprint density at radius 3 is 2.54 bits per heavy atom. The van der Waals surface area contributed by atoms with E-state index >= 15 is 0 Å². The Morgan fingerprint density at radius 2 is 1.96 bits per heavy atom. The number of aromatic nitrogens is 1. The van der Waals surface area contributed by atoms with Crippen LogP contribution >= 0.6 is 0 Å². The fourth-order valence-corrected chi connectivity index (χ4v) is 2.27. The summed E-state index contributed by atoms with van der Waals surface area (Å²) >= 11 is 0. The lowest BCUT2D eigenvalue weighted by molar-refractivity contribution is -0.137. The summed E-state index contributed by atoms with van der Waals surface area (Å²) in [4.78, 5) is 27.0. The maximum absolute atomic E-state index is 12.1. The van der Waals surface area contributed by atoms with E-state index in [-0.39, 0.29) is 18.5 Å². The number of urea groups is 1. The monoisotopic (exact) mass is 331 g/mol. The highest BCUT2D eigenvalue weighted by Crippen LogP contribution is 2.13. The van der Waals surface area contributed by atoms with Gasteiger partial charge >= 0.3 is 18.0 Å². The third-order valence-corrected chi connectivity index (χ3v) is 3.62. The van der Waals surface area contributed by atoms with Gasteiger partial charge in [-0.2, -0.15) is 4.98 Å². The molecule has 1 aromatic heterocycles. The number of aryl methyl sites for hydroxylation is 2. The molecule has 0 saturated heterocycles. The third-order valence-electron chi connectivity index (χ3n) is 3.62. The molecule has 0 saturated carbocycles. The summed E-state index contributed by atoms with van der Waals surface area (Å²) in [6.07, 6.45) is 0.863. The van der Waals surface area contributed by atoms with Gasteiger partial charge in [-0.15, -0.1) is 0 Å². The smallest absolute Gasteiger partial charge is 0.323 e. The quantitative estimate of drug-likeness (QED) is 0.723. The first-order chi connectivity index (χ1) is 11.4. The second-order valence-corrected chi connectivity index (χ2v) is 5.58. The van der Waals surface area contributed by atoms with Crippen molar-refractivity contribution < 1.29 is 19.1 Å². The van der Waals surface area contributed by atoms with Crippen molar-refractivity contribution in [2.45, 2.75) is 39.2 Å². The average Bonchev–Trinajstić information content (AvgIpc) is 2.83. The van der Waals surface area contributed by atoms with E-state index in [1.165, 1.54) is 0 Å². The zero-order valence-electron chi connectivity index (χ0n) is 13.7. The summed E-state index contributed by atoms with van der Waals surface area (Å²) in [7, 11) is 0. The van der Waals surface area contributed by atoms with Crippen LogP contribution in [0.1, 0.15) is 29.9 Å². The Balaban J connectivity index is 1.97. The molecule has 0 bridgehead atoms. The predicted octanol–water partition coefficient (Wildman–Crippen LogP) is 2.89. The van der Waals surface area contributed by atoms with E-state index in [9.17, 15) is 9.59 Å². The Hall–Kier alpha value is -2.83. The van der Waals surface area contributed by atoms with Gasteiger partial charge in [0.05, 0.1) is 5.69 Å². The molecule has 1 aromatic carbocycles. The van der Waals surface area contributed by atoms with Crippen molar-refractivity contribution in [1.29, 1.82) is 0 Å². The minimum atomic E-state index is -0.894. The lowest BCUT2D eigenvalue weighted by atomic mass is 10.0. The SMILES string of the molecule is Cc1nc(NC(=O)NC(CCC(=O)O)Cc2ccccc2)oc1C. The van der Waals surface area contributed by atoms with E-state index in [0.29, 0.717) is 24.3 Å². The summed E-state index contributed by atoms with van der Waals surface area (Å²) in [5.74, 6) is -0.258. The van der Waals surface area contributed by atoms with Crippen molar-refractivity contribution in [3.63, 3.8) is 0 Å². The van der Waals surface area contributed by atoms with Gasteiger partial charge in [-0.25, -0.2) is 4.79 Å². The zero-order valence-corrected chi connectivity index (χ0v) is 13.7. The Bertz CT molecular complexity index is 678. The molecular formula is C17H21N3O4. The van der Waals surface area contributed by atoms with Crippen molar-refractivity contribution in [3.05, 3.63) is 47.3 Å². The van der Waals surface area contributed by atoms with Gasteiger partial charge in [-0.05, 0) is 32.3 Å². The summed E-state index contributed by atoms with van der Waals surface area (Å²) < 4.78 is 5.31. The molecule has 128 valence electrons. The molecule has 2 amide bonds. The fraction of sp³-hybridized carbons (Fsp3) is 0.353. The molecule has 1 heterocycles. The van der Waals surface area contributed by atoms with Gasteiger partial charge in [-0.1, -0.05) is 30.3 Å². The molecule has 2 rings (SSSR count). The molecule has 1 atom stereocenters. The van der Waals surface area contributed by atoms with Crippen molar-refractivity contribution in [1.82, 2.24) is 10.3 Å². The van der Waals surface area contributed by atoms with Crippen LogP contribution in [0.25, 0.3) is 0 Å². The van der Waals surface area contributed by atoms with Gasteiger partial charge in [0.2, 0.25) is 0 Å². The number of carbonyl (C=O) groups is 2. The molecule has 3 N–H and O–H groups in total. The highest BCUT2D eigenvalue weighted by Gasteiger charge is 2.16. The van der Waals surface area contributed by atoms with Crippen LogP contribution in [0.5, 0.6) is 0 Å². The van der Waals surface area contributed by atoms with E-state index in [4.69, 9.17) is 9.52 Å². The minimum absolute atomic E-state index is 0.0189. The number of amides is 2. The Morgan fingerprint density at radius 1 is 1.25 bits per heavy atom. The van der Waals surface area contributed by atoms with Crippen molar-refractivity contribution in [2.75, 3.05) is 5.32 Å². The maximum Gasteiger partial charge on any atom is 0.323 e. The minimum Gasteiger partial charge on any atom is -0.481 e. The first-order valence-electron chi connectivity index (χ1n) is 7.71. The molecule has 7 heteroatoms. The largest absolute Gasteiger partial charge is 0.481 e. The fourth-order valence-electron chi connectivity index (χ4n) is 2.27. The van der Waals surface area contributed by atoms with E-state index in [1.54, 1.807) is 13.8 Å². The van der Waals surface area contributed by atoms with Crippen molar-refractivity contribution in [2.24, 2.45) is 0 Å². The van der Waals surface area contributed by atoms with Gasteiger partial charge in [-0.3, -0.25) is 10.1 Å². The molecular weight excluding hydrogens is 310 g/mol. The van der Waals surface area contributed by atoms with E-state index in [2.05, 4.69) is 15.6 Å². The van der Waals surface area contributed by atoms with Crippen LogP contribution in [-0.2, 0) is 11.2 Å². The highest BCUT2D eigenvalue weighted by atomic mass is 16.4.